The van der Waals surface area contributed by atoms with Gasteiger partial charge in [-0.2, -0.15) is 5.26 Å². The highest BCUT2D eigenvalue weighted by atomic mass is 16.5. The first-order chi connectivity index (χ1) is 14.5. The van der Waals surface area contributed by atoms with Crippen LogP contribution in [0.2, 0.25) is 0 Å². The number of hydrogen-bond donors (Lipinski definition) is 1. The number of carbonyl (C=O) groups excluding carboxylic acids is 2. The van der Waals surface area contributed by atoms with Crippen LogP contribution in [0.25, 0.3) is 17.0 Å². The second kappa shape index (κ2) is 9.43. The van der Waals surface area contributed by atoms with E-state index in [0.717, 1.165) is 10.9 Å². The highest BCUT2D eigenvalue weighted by Gasteiger charge is 2.21. The van der Waals surface area contributed by atoms with Crippen molar-refractivity contribution in [3.05, 3.63) is 65.9 Å². The van der Waals surface area contributed by atoms with E-state index >= 15 is 0 Å². The van der Waals surface area contributed by atoms with Crippen molar-refractivity contribution in [1.82, 2.24) is 4.98 Å². The maximum Gasteiger partial charge on any atom is 0.331 e. The molecule has 0 aliphatic rings. The summed E-state index contributed by atoms with van der Waals surface area (Å²) in [6.07, 6.45) is 3.47. The third-order valence-corrected chi connectivity index (χ3v) is 4.41. The summed E-state index contributed by atoms with van der Waals surface area (Å²) in [6, 6.07) is 14.3. The minimum Gasteiger partial charge on any atom is -0.493 e. The van der Waals surface area contributed by atoms with E-state index in [1.165, 1.54) is 13.2 Å². The van der Waals surface area contributed by atoms with E-state index in [4.69, 9.17) is 19.5 Å². The number of benzene rings is 2. The predicted molar refractivity (Wildman–Crippen MR) is 111 cm³/mol. The Morgan fingerprint density at radius 1 is 1.20 bits per heavy atom. The monoisotopic (exact) mass is 404 g/mol. The van der Waals surface area contributed by atoms with Crippen molar-refractivity contribution >= 4 is 28.7 Å². The van der Waals surface area contributed by atoms with Crippen LogP contribution in [0.5, 0.6) is 11.5 Å². The molecule has 1 aromatic heterocycles. The molecule has 1 atom stereocenters. The summed E-state index contributed by atoms with van der Waals surface area (Å²) in [6.45, 7) is 1.44. The molecule has 7 nitrogen and oxygen atoms in total. The number of methoxy groups -OCH3 is 1. The Morgan fingerprint density at radius 3 is 2.77 bits per heavy atom. The summed E-state index contributed by atoms with van der Waals surface area (Å²) in [5, 5.41) is 9.39. The van der Waals surface area contributed by atoms with Crippen LogP contribution in [0.1, 0.15) is 22.8 Å². The lowest BCUT2D eigenvalue weighted by atomic mass is 10.1. The van der Waals surface area contributed by atoms with Crippen molar-refractivity contribution in [3.8, 4) is 17.6 Å². The predicted octanol–water partition coefficient (Wildman–Crippen LogP) is 3.91. The molecular weight excluding hydrogens is 384 g/mol. The highest BCUT2D eigenvalue weighted by molar-refractivity contribution is 6.10. The van der Waals surface area contributed by atoms with Gasteiger partial charge in [0.15, 0.2) is 24.2 Å². The van der Waals surface area contributed by atoms with Gasteiger partial charge in [-0.15, -0.1) is 0 Å². The number of H-pyrrole nitrogens is 1. The first-order valence-electron chi connectivity index (χ1n) is 9.20. The summed E-state index contributed by atoms with van der Waals surface area (Å²) in [5.74, 6) is -0.0605. The van der Waals surface area contributed by atoms with Gasteiger partial charge < -0.3 is 19.2 Å². The molecule has 1 unspecified atom stereocenters. The minimum absolute atomic E-state index is 0.0970. The summed E-state index contributed by atoms with van der Waals surface area (Å²) in [4.78, 5) is 27.9. The Labute approximate surface area is 173 Å². The number of aromatic amines is 1. The Kier molecular flexibility index (Phi) is 6.50. The van der Waals surface area contributed by atoms with E-state index in [2.05, 4.69) is 4.98 Å². The number of carbonyl (C=O) groups is 2. The Bertz CT molecular complexity index is 1140. The van der Waals surface area contributed by atoms with Crippen LogP contribution < -0.4 is 9.47 Å². The zero-order valence-corrected chi connectivity index (χ0v) is 16.5. The molecular formula is C23H20N2O5. The number of para-hydroxylation sites is 1. The van der Waals surface area contributed by atoms with Gasteiger partial charge in [-0.05, 0) is 36.8 Å². The number of rotatable bonds is 8. The van der Waals surface area contributed by atoms with Crippen LogP contribution in [-0.2, 0) is 9.53 Å². The summed E-state index contributed by atoms with van der Waals surface area (Å²) >= 11 is 0. The lowest BCUT2D eigenvalue weighted by Crippen LogP contribution is -2.23. The SMILES string of the molecule is COc1cc(/C=C/C(=O)OC(C)C(=O)c2c[nH]c3ccccc23)ccc1OCC#N. The van der Waals surface area contributed by atoms with E-state index < -0.39 is 12.1 Å². The van der Waals surface area contributed by atoms with E-state index in [-0.39, 0.29) is 12.4 Å². The molecule has 0 bridgehead atoms. The number of ketones is 1. The fraction of sp³-hybridized carbons (Fsp3) is 0.174. The van der Waals surface area contributed by atoms with Crippen molar-refractivity contribution in [2.24, 2.45) is 0 Å². The van der Waals surface area contributed by atoms with Gasteiger partial charge in [0, 0.05) is 28.7 Å². The third kappa shape index (κ3) is 4.67. The average Bonchev–Trinajstić information content (AvgIpc) is 3.20. The number of hydrogen-bond acceptors (Lipinski definition) is 6. The van der Waals surface area contributed by atoms with Gasteiger partial charge in [0.1, 0.15) is 6.07 Å². The molecule has 3 aromatic rings. The standard InChI is InChI=1S/C23H20N2O5/c1-15(23(27)18-14-25-19-6-4-3-5-17(18)19)30-22(26)10-8-16-7-9-20(29-12-11-24)21(13-16)28-2/h3-10,13-15,25H,12H2,1-2H3/b10-8+. The molecule has 0 aliphatic heterocycles. The molecule has 0 saturated heterocycles. The lowest BCUT2D eigenvalue weighted by Gasteiger charge is -2.10. The van der Waals surface area contributed by atoms with Crippen molar-refractivity contribution < 1.29 is 23.8 Å². The molecule has 0 amide bonds. The molecule has 1 heterocycles. The average molecular weight is 404 g/mol. The van der Waals surface area contributed by atoms with Crippen molar-refractivity contribution in [2.45, 2.75) is 13.0 Å². The van der Waals surface area contributed by atoms with Gasteiger partial charge in [0.05, 0.1) is 7.11 Å². The molecule has 152 valence electrons. The normalized spacial score (nSPS) is 11.8. The first-order valence-corrected chi connectivity index (χ1v) is 9.20. The Morgan fingerprint density at radius 2 is 2.00 bits per heavy atom. The number of Topliss-reactive ketones (excluding diaryl/α,β-unsaturated/α-hetero) is 1. The minimum atomic E-state index is -0.933. The molecule has 7 heteroatoms. The Balaban J connectivity index is 1.65. The topological polar surface area (TPSA) is 101 Å². The molecule has 2 aromatic carbocycles. The molecule has 0 radical (unpaired) electrons. The first kappa shape index (κ1) is 20.7. The van der Waals surface area contributed by atoms with E-state index in [9.17, 15) is 9.59 Å². The van der Waals surface area contributed by atoms with E-state index in [1.807, 2.05) is 30.3 Å². The molecule has 0 saturated carbocycles. The van der Waals surface area contributed by atoms with E-state index in [1.54, 1.807) is 37.4 Å². The maximum atomic E-state index is 12.7. The number of esters is 1. The number of nitrogens with one attached hydrogen (secondary N) is 1. The summed E-state index contributed by atoms with van der Waals surface area (Å²) in [5.41, 5.74) is 1.99. The van der Waals surface area contributed by atoms with Crippen molar-refractivity contribution in [1.29, 1.82) is 5.26 Å². The summed E-state index contributed by atoms with van der Waals surface area (Å²) in [7, 11) is 1.48. The second-order valence-electron chi connectivity index (χ2n) is 6.38. The molecule has 0 spiro atoms. The van der Waals surface area contributed by atoms with Gasteiger partial charge in [-0.25, -0.2) is 4.79 Å². The van der Waals surface area contributed by atoms with Crippen LogP contribution in [0.15, 0.2) is 54.7 Å². The molecule has 0 fully saturated rings. The van der Waals surface area contributed by atoms with Crippen molar-refractivity contribution in [3.63, 3.8) is 0 Å². The lowest BCUT2D eigenvalue weighted by molar-refractivity contribution is -0.140. The maximum absolute atomic E-state index is 12.7. The third-order valence-electron chi connectivity index (χ3n) is 4.41. The van der Waals surface area contributed by atoms with Crippen LogP contribution in [0.3, 0.4) is 0 Å². The highest BCUT2D eigenvalue weighted by Crippen LogP contribution is 2.28. The van der Waals surface area contributed by atoms with E-state index in [0.29, 0.717) is 22.6 Å². The number of ether oxygens (including phenoxy) is 3. The fourth-order valence-corrected chi connectivity index (χ4v) is 2.94. The number of nitrogens with zero attached hydrogens (tertiary/aromatic N) is 1. The zero-order valence-electron chi connectivity index (χ0n) is 16.5. The smallest absolute Gasteiger partial charge is 0.331 e. The van der Waals surface area contributed by atoms with Crippen LogP contribution in [0.4, 0.5) is 0 Å². The summed E-state index contributed by atoms with van der Waals surface area (Å²) < 4.78 is 15.7. The van der Waals surface area contributed by atoms with Crippen LogP contribution in [0, 0.1) is 11.3 Å². The van der Waals surface area contributed by atoms with Gasteiger partial charge in [0.2, 0.25) is 5.78 Å². The van der Waals surface area contributed by atoms with Gasteiger partial charge in [0.25, 0.3) is 0 Å². The number of aromatic nitrogens is 1. The quantitative estimate of drug-likeness (QED) is 0.347. The second-order valence-corrected chi connectivity index (χ2v) is 6.38. The molecule has 3 rings (SSSR count). The largest absolute Gasteiger partial charge is 0.493 e. The number of nitriles is 1. The molecule has 0 aliphatic carbocycles. The number of fused-ring (bicyclic) bond motifs is 1. The van der Waals surface area contributed by atoms with Crippen molar-refractivity contribution in [2.75, 3.05) is 13.7 Å². The fourth-order valence-electron chi connectivity index (χ4n) is 2.94. The van der Waals surface area contributed by atoms with Crippen LogP contribution >= 0.6 is 0 Å². The Hall–Kier alpha value is -4.05. The van der Waals surface area contributed by atoms with Gasteiger partial charge in [-0.1, -0.05) is 24.3 Å². The van der Waals surface area contributed by atoms with Gasteiger partial charge in [-0.3, -0.25) is 4.79 Å². The molecule has 30 heavy (non-hydrogen) atoms. The van der Waals surface area contributed by atoms with Gasteiger partial charge >= 0.3 is 5.97 Å². The van der Waals surface area contributed by atoms with Crippen LogP contribution in [-0.4, -0.2) is 36.6 Å². The zero-order chi connectivity index (χ0) is 21.5. The molecule has 1 N–H and O–H groups in total.